The van der Waals surface area contributed by atoms with Crippen LogP contribution < -0.4 is 10.1 Å². The Morgan fingerprint density at radius 1 is 1.20 bits per heavy atom. The zero-order valence-corrected chi connectivity index (χ0v) is 12.0. The van der Waals surface area contributed by atoms with Crippen LogP contribution >= 0.6 is 0 Å². The third-order valence-corrected chi connectivity index (χ3v) is 3.36. The van der Waals surface area contributed by atoms with E-state index in [0.717, 1.165) is 22.1 Å². The molecular formula is C16H19NO3. The maximum absolute atomic E-state index is 11.4. The highest BCUT2D eigenvalue weighted by Crippen LogP contribution is 2.27. The van der Waals surface area contributed by atoms with Gasteiger partial charge in [-0.3, -0.25) is 4.79 Å². The molecule has 0 aliphatic carbocycles. The molecular weight excluding hydrogens is 254 g/mol. The lowest BCUT2D eigenvalue weighted by Gasteiger charge is -2.15. The number of hydrogen-bond acceptors (Lipinski definition) is 4. The molecule has 4 nitrogen and oxygen atoms in total. The van der Waals surface area contributed by atoms with Crippen LogP contribution in [0.5, 0.6) is 5.75 Å². The number of carbonyl (C=O) groups excluding carboxylic acids is 1. The average Bonchev–Trinajstić information content (AvgIpc) is 2.51. The van der Waals surface area contributed by atoms with Crippen LogP contribution in [0, 0.1) is 0 Å². The molecule has 0 radical (unpaired) electrons. The Hall–Kier alpha value is -2.07. The van der Waals surface area contributed by atoms with E-state index in [1.54, 1.807) is 14.0 Å². The van der Waals surface area contributed by atoms with Gasteiger partial charge in [0.1, 0.15) is 11.8 Å². The van der Waals surface area contributed by atoms with Gasteiger partial charge in [-0.1, -0.05) is 30.3 Å². The molecule has 106 valence electrons. The molecule has 0 heterocycles. The normalized spacial score (nSPS) is 12.2. The summed E-state index contributed by atoms with van der Waals surface area (Å²) in [4.78, 5) is 11.4. The first-order valence-electron chi connectivity index (χ1n) is 6.53. The van der Waals surface area contributed by atoms with Crippen molar-refractivity contribution in [2.75, 3.05) is 14.2 Å². The van der Waals surface area contributed by atoms with Crippen molar-refractivity contribution in [3.8, 4) is 5.75 Å². The minimum absolute atomic E-state index is 0.274. The molecule has 0 aliphatic rings. The summed E-state index contributed by atoms with van der Waals surface area (Å²) in [7, 11) is 3.04. The Bertz CT molecular complexity index is 610. The van der Waals surface area contributed by atoms with Crippen molar-refractivity contribution in [3.63, 3.8) is 0 Å². The van der Waals surface area contributed by atoms with Crippen LogP contribution in [0.2, 0.25) is 0 Å². The van der Waals surface area contributed by atoms with Crippen LogP contribution in [0.1, 0.15) is 12.5 Å². The minimum Gasteiger partial charge on any atom is -0.496 e. The van der Waals surface area contributed by atoms with E-state index in [1.165, 1.54) is 7.11 Å². The highest BCUT2D eigenvalue weighted by molar-refractivity contribution is 5.87. The van der Waals surface area contributed by atoms with Crippen molar-refractivity contribution in [2.24, 2.45) is 0 Å². The van der Waals surface area contributed by atoms with Crippen molar-refractivity contribution < 1.29 is 14.3 Å². The van der Waals surface area contributed by atoms with E-state index in [1.807, 2.05) is 24.3 Å². The largest absolute Gasteiger partial charge is 0.496 e. The van der Waals surface area contributed by atoms with Crippen molar-refractivity contribution in [1.82, 2.24) is 5.32 Å². The number of rotatable bonds is 5. The van der Waals surface area contributed by atoms with Crippen molar-refractivity contribution in [2.45, 2.75) is 19.5 Å². The molecule has 0 bridgehead atoms. The molecule has 0 spiro atoms. The molecule has 4 heteroatoms. The summed E-state index contributed by atoms with van der Waals surface area (Å²) < 4.78 is 10.1. The van der Waals surface area contributed by atoms with Crippen LogP contribution in [0.4, 0.5) is 0 Å². The maximum atomic E-state index is 11.4. The van der Waals surface area contributed by atoms with Crippen LogP contribution in [0.3, 0.4) is 0 Å². The first kappa shape index (κ1) is 14.3. The molecule has 1 N–H and O–H groups in total. The number of carbonyl (C=O) groups is 1. The fourth-order valence-corrected chi connectivity index (χ4v) is 2.20. The van der Waals surface area contributed by atoms with Gasteiger partial charge in [-0.15, -0.1) is 0 Å². The lowest BCUT2D eigenvalue weighted by molar-refractivity contribution is -0.142. The molecule has 0 saturated carbocycles. The summed E-state index contributed by atoms with van der Waals surface area (Å²) in [6.07, 6.45) is 0. The molecule has 1 atom stereocenters. The van der Waals surface area contributed by atoms with Crippen LogP contribution in [0.25, 0.3) is 10.8 Å². The molecule has 2 aromatic rings. The molecule has 0 fully saturated rings. The van der Waals surface area contributed by atoms with Gasteiger partial charge in [0.25, 0.3) is 0 Å². The topological polar surface area (TPSA) is 47.6 Å². The standard InChI is InChI=1S/C16H19NO3/c1-11(16(18)20-3)17-10-14-13-7-5-4-6-12(13)8-9-15(14)19-2/h4-9,11,17H,10H2,1-3H3. The van der Waals surface area contributed by atoms with Gasteiger partial charge in [-0.2, -0.15) is 0 Å². The zero-order chi connectivity index (χ0) is 14.5. The summed E-state index contributed by atoms with van der Waals surface area (Å²) in [6, 6.07) is 11.7. The van der Waals surface area contributed by atoms with Crippen molar-refractivity contribution in [3.05, 3.63) is 42.0 Å². The van der Waals surface area contributed by atoms with Gasteiger partial charge < -0.3 is 14.8 Å². The molecule has 2 aromatic carbocycles. The predicted octanol–water partition coefficient (Wildman–Crippen LogP) is 2.50. The van der Waals surface area contributed by atoms with Crippen molar-refractivity contribution >= 4 is 16.7 Å². The van der Waals surface area contributed by atoms with E-state index in [9.17, 15) is 4.79 Å². The summed E-state index contributed by atoms with van der Waals surface area (Å²) in [5, 5.41) is 5.43. The average molecular weight is 273 g/mol. The lowest BCUT2D eigenvalue weighted by Crippen LogP contribution is -2.34. The smallest absolute Gasteiger partial charge is 0.322 e. The predicted molar refractivity (Wildman–Crippen MR) is 78.8 cm³/mol. The highest BCUT2D eigenvalue weighted by atomic mass is 16.5. The van der Waals surface area contributed by atoms with Gasteiger partial charge >= 0.3 is 5.97 Å². The summed E-state index contributed by atoms with van der Waals surface area (Å²) in [6.45, 7) is 2.32. The first-order chi connectivity index (χ1) is 9.67. The number of esters is 1. The van der Waals surface area contributed by atoms with Crippen LogP contribution in [-0.4, -0.2) is 26.2 Å². The van der Waals surface area contributed by atoms with Gasteiger partial charge in [-0.05, 0) is 23.8 Å². The van der Waals surface area contributed by atoms with Gasteiger partial charge in [0, 0.05) is 12.1 Å². The van der Waals surface area contributed by atoms with E-state index in [0.29, 0.717) is 6.54 Å². The number of methoxy groups -OCH3 is 2. The number of hydrogen-bond donors (Lipinski definition) is 1. The van der Waals surface area contributed by atoms with E-state index in [2.05, 4.69) is 17.4 Å². The summed E-state index contributed by atoms with van der Waals surface area (Å²) >= 11 is 0. The first-order valence-corrected chi connectivity index (χ1v) is 6.53. The van der Waals surface area contributed by atoms with E-state index in [4.69, 9.17) is 9.47 Å². The van der Waals surface area contributed by atoms with Gasteiger partial charge in [-0.25, -0.2) is 0 Å². The second-order valence-corrected chi connectivity index (χ2v) is 4.59. The number of benzene rings is 2. The molecule has 2 rings (SSSR count). The summed E-state index contributed by atoms with van der Waals surface area (Å²) in [5.41, 5.74) is 1.04. The fourth-order valence-electron chi connectivity index (χ4n) is 2.20. The summed E-state index contributed by atoms with van der Waals surface area (Å²) in [5.74, 6) is 0.539. The number of fused-ring (bicyclic) bond motifs is 1. The third kappa shape index (κ3) is 2.91. The SMILES string of the molecule is COC(=O)C(C)NCc1c(OC)ccc2ccccc12. The van der Waals surface area contributed by atoms with Crippen LogP contribution in [-0.2, 0) is 16.1 Å². The van der Waals surface area contributed by atoms with Gasteiger partial charge in [0.15, 0.2) is 0 Å². The molecule has 20 heavy (non-hydrogen) atoms. The van der Waals surface area contributed by atoms with E-state index < -0.39 is 0 Å². The third-order valence-electron chi connectivity index (χ3n) is 3.36. The molecule has 0 saturated heterocycles. The quantitative estimate of drug-likeness (QED) is 0.850. The van der Waals surface area contributed by atoms with E-state index >= 15 is 0 Å². The maximum Gasteiger partial charge on any atom is 0.322 e. The Kier molecular flexibility index (Phi) is 4.58. The lowest BCUT2D eigenvalue weighted by atomic mass is 10.0. The second-order valence-electron chi connectivity index (χ2n) is 4.59. The Labute approximate surface area is 118 Å². The Morgan fingerprint density at radius 3 is 2.65 bits per heavy atom. The van der Waals surface area contributed by atoms with Gasteiger partial charge in [0.2, 0.25) is 0 Å². The second kappa shape index (κ2) is 6.39. The Balaban J connectivity index is 2.29. The van der Waals surface area contributed by atoms with Gasteiger partial charge in [0.05, 0.1) is 14.2 Å². The zero-order valence-electron chi connectivity index (χ0n) is 12.0. The van der Waals surface area contributed by atoms with E-state index in [-0.39, 0.29) is 12.0 Å². The highest BCUT2D eigenvalue weighted by Gasteiger charge is 2.14. The molecule has 0 aromatic heterocycles. The van der Waals surface area contributed by atoms with Crippen molar-refractivity contribution in [1.29, 1.82) is 0 Å². The van der Waals surface area contributed by atoms with Crippen LogP contribution in [0.15, 0.2) is 36.4 Å². The fraction of sp³-hybridized carbons (Fsp3) is 0.312. The minimum atomic E-state index is -0.358. The molecule has 1 unspecified atom stereocenters. The molecule has 0 aliphatic heterocycles. The number of ether oxygens (including phenoxy) is 2. The molecule has 0 amide bonds. The Morgan fingerprint density at radius 2 is 1.95 bits per heavy atom. The number of nitrogens with one attached hydrogen (secondary N) is 1. The monoisotopic (exact) mass is 273 g/mol.